The molecule has 114 valence electrons. The summed E-state index contributed by atoms with van der Waals surface area (Å²) in [7, 11) is 0. The van der Waals surface area contributed by atoms with Gasteiger partial charge in [0.25, 0.3) is 0 Å². The summed E-state index contributed by atoms with van der Waals surface area (Å²) in [6.45, 7) is 4.50. The molecule has 0 spiro atoms. The van der Waals surface area contributed by atoms with Crippen LogP contribution in [0.15, 0.2) is 30.3 Å². The topological polar surface area (TPSA) is 66.8 Å². The fourth-order valence-corrected chi connectivity index (χ4v) is 2.83. The Labute approximate surface area is 124 Å². The first-order valence-electron chi connectivity index (χ1n) is 7.16. The highest BCUT2D eigenvalue weighted by molar-refractivity contribution is 5.78. The number of carbonyl (C=O) groups is 2. The third-order valence-electron chi connectivity index (χ3n) is 4.31. The van der Waals surface area contributed by atoms with E-state index in [1.54, 1.807) is 6.92 Å². The quantitative estimate of drug-likeness (QED) is 0.926. The van der Waals surface area contributed by atoms with Crippen molar-refractivity contribution in [1.29, 1.82) is 0 Å². The molecule has 0 unspecified atom stereocenters. The molecule has 1 aliphatic rings. The molecule has 5 nitrogen and oxygen atoms in total. The molecule has 1 heterocycles. The van der Waals surface area contributed by atoms with Gasteiger partial charge in [0.1, 0.15) is 6.61 Å². The Morgan fingerprint density at radius 1 is 1.38 bits per heavy atom. The molecular formula is C16H21NO4. The van der Waals surface area contributed by atoms with E-state index in [9.17, 15) is 14.7 Å². The molecule has 5 heteroatoms. The lowest BCUT2D eigenvalue weighted by Gasteiger charge is -2.24. The van der Waals surface area contributed by atoms with Gasteiger partial charge in [-0.2, -0.15) is 0 Å². The largest absolute Gasteiger partial charge is 0.481 e. The lowest BCUT2D eigenvalue weighted by Crippen LogP contribution is -2.37. The minimum absolute atomic E-state index is 0.0423. The van der Waals surface area contributed by atoms with Gasteiger partial charge in [0, 0.05) is 13.1 Å². The molecule has 1 aromatic rings. The van der Waals surface area contributed by atoms with Crippen molar-refractivity contribution in [3.05, 3.63) is 35.9 Å². The highest BCUT2D eigenvalue weighted by atomic mass is 16.6. The van der Waals surface area contributed by atoms with Crippen molar-refractivity contribution >= 4 is 12.1 Å². The molecular weight excluding hydrogens is 270 g/mol. The number of hydrogen-bond donors (Lipinski definition) is 1. The summed E-state index contributed by atoms with van der Waals surface area (Å²) in [4.78, 5) is 25.1. The van der Waals surface area contributed by atoms with E-state index >= 15 is 0 Å². The molecule has 21 heavy (non-hydrogen) atoms. The van der Waals surface area contributed by atoms with Crippen LogP contribution in [0.2, 0.25) is 0 Å². The molecule has 0 radical (unpaired) electrons. The number of rotatable bonds is 4. The van der Waals surface area contributed by atoms with Gasteiger partial charge >= 0.3 is 12.1 Å². The minimum Gasteiger partial charge on any atom is -0.481 e. The Bertz CT molecular complexity index is 516. The summed E-state index contributed by atoms with van der Waals surface area (Å²) < 4.78 is 5.27. The highest BCUT2D eigenvalue weighted by Crippen LogP contribution is 2.38. The number of benzene rings is 1. The summed E-state index contributed by atoms with van der Waals surface area (Å²) in [6.07, 6.45) is 0.285. The van der Waals surface area contributed by atoms with Crippen LogP contribution in [0.5, 0.6) is 0 Å². The molecule has 1 aromatic carbocycles. The lowest BCUT2D eigenvalue weighted by molar-refractivity contribution is -0.149. The number of hydrogen-bond acceptors (Lipinski definition) is 3. The van der Waals surface area contributed by atoms with Crippen molar-refractivity contribution in [3.63, 3.8) is 0 Å². The van der Waals surface area contributed by atoms with Crippen molar-refractivity contribution in [2.24, 2.45) is 11.3 Å². The van der Waals surface area contributed by atoms with E-state index in [1.165, 1.54) is 4.90 Å². The average molecular weight is 291 g/mol. The van der Waals surface area contributed by atoms with Gasteiger partial charge in [0.05, 0.1) is 5.41 Å². The van der Waals surface area contributed by atoms with E-state index in [2.05, 4.69) is 0 Å². The second-order valence-electron chi connectivity index (χ2n) is 5.75. The first-order valence-corrected chi connectivity index (χ1v) is 7.16. The average Bonchev–Trinajstić information content (AvgIpc) is 2.84. The monoisotopic (exact) mass is 291 g/mol. The normalized spacial score (nSPS) is 24.9. The number of carboxylic acids is 1. The van der Waals surface area contributed by atoms with Crippen LogP contribution >= 0.6 is 0 Å². The van der Waals surface area contributed by atoms with E-state index in [4.69, 9.17) is 4.74 Å². The lowest BCUT2D eigenvalue weighted by atomic mass is 9.79. The predicted molar refractivity (Wildman–Crippen MR) is 77.7 cm³/mol. The zero-order valence-electron chi connectivity index (χ0n) is 12.4. The van der Waals surface area contributed by atoms with Crippen LogP contribution in [0.1, 0.15) is 25.8 Å². The molecule has 1 aliphatic heterocycles. The third kappa shape index (κ3) is 3.17. The van der Waals surface area contributed by atoms with Gasteiger partial charge in [0.2, 0.25) is 0 Å². The van der Waals surface area contributed by atoms with Gasteiger partial charge in [-0.3, -0.25) is 4.79 Å². The maximum Gasteiger partial charge on any atom is 0.410 e. The van der Waals surface area contributed by atoms with Crippen LogP contribution in [0.3, 0.4) is 0 Å². The van der Waals surface area contributed by atoms with E-state index in [0.717, 1.165) is 12.0 Å². The van der Waals surface area contributed by atoms with Crippen molar-refractivity contribution in [2.45, 2.75) is 26.9 Å². The number of carboxylic acid groups (broad SMARTS) is 1. The van der Waals surface area contributed by atoms with Crippen LogP contribution in [-0.4, -0.2) is 35.2 Å². The second kappa shape index (κ2) is 6.16. The van der Waals surface area contributed by atoms with Gasteiger partial charge in [-0.15, -0.1) is 0 Å². The minimum atomic E-state index is -0.888. The van der Waals surface area contributed by atoms with Crippen molar-refractivity contribution in [3.8, 4) is 0 Å². The first-order chi connectivity index (χ1) is 9.97. The number of likely N-dealkylation sites (tertiary alicyclic amines) is 1. The first kappa shape index (κ1) is 15.4. The Kier molecular flexibility index (Phi) is 4.50. The second-order valence-corrected chi connectivity index (χ2v) is 5.75. The fourth-order valence-electron chi connectivity index (χ4n) is 2.83. The van der Waals surface area contributed by atoms with Crippen LogP contribution in [0.25, 0.3) is 0 Å². The maximum absolute atomic E-state index is 12.1. The molecule has 1 saturated heterocycles. The Morgan fingerprint density at radius 3 is 2.57 bits per heavy atom. The SMILES string of the molecule is CC[C@H]1CN(C(=O)OCc2ccccc2)C[C@]1(C)C(=O)O. The number of nitrogens with zero attached hydrogens (tertiary/aromatic N) is 1. The molecule has 0 saturated carbocycles. The summed E-state index contributed by atoms with van der Waals surface area (Å²) in [5.74, 6) is -0.896. The van der Waals surface area contributed by atoms with Gasteiger partial charge in [-0.05, 0) is 18.4 Å². The Balaban J connectivity index is 1.96. The molecule has 0 aromatic heterocycles. The van der Waals surface area contributed by atoms with Gasteiger partial charge in [-0.25, -0.2) is 4.79 Å². The Hall–Kier alpha value is -2.04. The van der Waals surface area contributed by atoms with E-state index < -0.39 is 17.5 Å². The summed E-state index contributed by atoms with van der Waals surface area (Å²) in [6, 6.07) is 9.43. The number of aliphatic carboxylic acids is 1. The molecule has 1 amide bonds. The number of amides is 1. The molecule has 1 N–H and O–H groups in total. The zero-order chi connectivity index (χ0) is 15.5. The maximum atomic E-state index is 12.1. The summed E-state index contributed by atoms with van der Waals surface area (Å²) >= 11 is 0. The number of carbonyl (C=O) groups excluding carboxylic acids is 1. The molecule has 0 bridgehead atoms. The highest BCUT2D eigenvalue weighted by Gasteiger charge is 2.49. The van der Waals surface area contributed by atoms with Crippen LogP contribution in [0, 0.1) is 11.3 Å². The van der Waals surface area contributed by atoms with Gasteiger partial charge < -0.3 is 14.7 Å². The van der Waals surface area contributed by atoms with Crippen LogP contribution in [0.4, 0.5) is 4.79 Å². The Morgan fingerprint density at radius 2 is 2.05 bits per heavy atom. The molecule has 2 rings (SSSR count). The zero-order valence-corrected chi connectivity index (χ0v) is 12.4. The van der Waals surface area contributed by atoms with Crippen molar-refractivity contribution in [2.75, 3.05) is 13.1 Å². The van der Waals surface area contributed by atoms with Crippen LogP contribution < -0.4 is 0 Å². The molecule has 2 atom stereocenters. The van der Waals surface area contributed by atoms with Crippen molar-refractivity contribution < 1.29 is 19.4 Å². The standard InChI is InChI=1S/C16H21NO4/c1-3-13-9-17(11-16(13,2)14(18)19)15(20)21-10-12-7-5-4-6-8-12/h4-8,13H,3,9-11H2,1-2H3,(H,18,19)/t13-,16-/m0/s1. The van der Waals surface area contributed by atoms with E-state index in [1.807, 2.05) is 37.3 Å². The van der Waals surface area contributed by atoms with E-state index in [0.29, 0.717) is 6.54 Å². The summed E-state index contributed by atoms with van der Waals surface area (Å²) in [5.41, 5.74) is 0.0265. The number of ether oxygens (including phenoxy) is 1. The van der Waals surface area contributed by atoms with E-state index in [-0.39, 0.29) is 19.1 Å². The van der Waals surface area contributed by atoms with Crippen molar-refractivity contribution in [1.82, 2.24) is 4.90 Å². The van der Waals surface area contributed by atoms with Gasteiger partial charge in [0.15, 0.2) is 0 Å². The van der Waals surface area contributed by atoms with Gasteiger partial charge in [-0.1, -0.05) is 43.7 Å². The molecule has 0 aliphatic carbocycles. The molecule has 1 fully saturated rings. The fraction of sp³-hybridized carbons (Fsp3) is 0.500. The predicted octanol–water partition coefficient (Wildman–Crippen LogP) is 2.76. The smallest absolute Gasteiger partial charge is 0.410 e. The third-order valence-corrected chi connectivity index (χ3v) is 4.31. The summed E-state index contributed by atoms with van der Waals surface area (Å²) in [5, 5.41) is 9.40. The van der Waals surface area contributed by atoms with Crippen LogP contribution in [-0.2, 0) is 16.1 Å².